The first-order valence-electron chi connectivity index (χ1n) is 20.3. The molecule has 252 valence electrons. The lowest BCUT2D eigenvalue weighted by molar-refractivity contribution is 0.467. The Labute approximate surface area is 322 Å². The molecule has 10 aromatic rings. The van der Waals surface area contributed by atoms with Gasteiger partial charge in [-0.25, -0.2) is 0 Å². The lowest BCUT2D eigenvalue weighted by Gasteiger charge is -2.34. The standard InChI is InChI=1S/C48H28BNO3S/c1-4-14-29(15-5-1)30-26-39-44-40(27-30)53-47-45(46-42(34-20-10-12-22-37(34)52-46)43-35-21-11-13-23-41(35)54-48(43)47)49(44)36-25-24-33(28-38(36)51-39)50(31-16-6-2-7-17-31)32-18-8-3-9-19-32/h1-28H/i1D,4D,5D,14D,15D. The Hall–Kier alpha value is -6.76. The molecule has 54 heavy (non-hydrogen) atoms. The Morgan fingerprint density at radius 2 is 1.24 bits per heavy atom. The molecule has 6 heteroatoms. The van der Waals surface area contributed by atoms with E-state index in [4.69, 9.17) is 20.7 Å². The third-order valence-corrected chi connectivity index (χ3v) is 11.8. The first kappa shape index (κ1) is 25.3. The molecule has 8 aromatic carbocycles. The van der Waals surface area contributed by atoms with Gasteiger partial charge in [-0.2, -0.15) is 0 Å². The monoisotopic (exact) mass is 714 g/mol. The van der Waals surface area contributed by atoms with Crippen molar-refractivity contribution in [1.29, 1.82) is 0 Å². The second-order valence-electron chi connectivity index (χ2n) is 13.6. The van der Waals surface area contributed by atoms with Crippen molar-refractivity contribution in [2.24, 2.45) is 0 Å². The van der Waals surface area contributed by atoms with Crippen LogP contribution in [0.25, 0.3) is 53.2 Å². The van der Waals surface area contributed by atoms with Crippen molar-refractivity contribution in [2.45, 2.75) is 0 Å². The van der Waals surface area contributed by atoms with Crippen LogP contribution in [0.15, 0.2) is 174 Å². The molecule has 0 aliphatic carbocycles. The van der Waals surface area contributed by atoms with Gasteiger partial charge < -0.3 is 18.8 Å². The number of ether oxygens (including phenoxy) is 2. The number of rotatable bonds is 4. The van der Waals surface area contributed by atoms with Crippen LogP contribution in [-0.2, 0) is 0 Å². The van der Waals surface area contributed by atoms with E-state index in [-0.39, 0.29) is 17.6 Å². The molecule has 12 rings (SSSR count). The first-order valence-corrected chi connectivity index (χ1v) is 18.6. The van der Waals surface area contributed by atoms with E-state index in [1.165, 1.54) is 0 Å². The van der Waals surface area contributed by atoms with Gasteiger partial charge in [0.15, 0.2) is 0 Å². The largest absolute Gasteiger partial charge is 0.458 e. The summed E-state index contributed by atoms with van der Waals surface area (Å²) in [6.45, 7) is -0.407. The minimum Gasteiger partial charge on any atom is -0.458 e. The van der Waals surface area contributed by atoms with Crippen molar-refractivity contribution in [2.75, 3.05) is 4.90 Å². The number of hydrogen-bond acceptors (Lipinski definition) is 5. The Balaban J connectivity index is 1.18. The van der Waals surface area contributed by atoms with Crippen molar-refractivity contribution < 1.29 is 20.7 Å². The van der Waals surface area contributed by atoms with Gasteiger partial charge in [-0.05, 0) is 71.2 Å². The average Bonchev–Trinajstić information content (AvgIpc) is 3.85. The third-order valence-electron chi connectivity index (χ3n) is 10.6. The minimum atomic E-state index is -0.450. The molecule has 4 heterocycles. The van der Waals surface area contributed by atoms with E-state index < -0.39 is 24.8 Å². The number of para-hydroxylation sites is 3. The molecule has 2 aromatic heterocycles. The van der Waals surface area contributed by atoms with Crippen LogP contribution >= 0.6 is 11.3 Å². The molecule has 2 aliphatic rings. The van der Waals surface area contributed by atoms with Gasteiger partial charge in [0.2, 0.25) is 0 Å². The quantitative estimate of drug-likeness (QED) is 0.170. The second-order valence-corrected chi connectivity index (χ2v) is 14.7. The number of anilines is 3. The molecule has 0 amide bonds. The van der Waals surface area contributed by atoms with Gasteiger partial charge >= 0.3 is 0 Å². The van der Waals surface area contributed by atoms with Crippen molar-refractivity contribution in [1.82, 2.24) is 0 Å². The van der Waals surface area contributed by atoms with Crippen LogP contribution < -0.4 is 30.8 Å². The fourth-order valence-electron chi connectivity index (χ4n) is 8.39. The zero-order chi connectivity index (χ0) is 39.7. The molecule has 0 atom stereocenters. The predicted molar refractivity (Wildman–Crippen MR) is 224 cm³/mol. The highest BCUT2D eigenvalue weighted by Gasteiger charge is 2.44. The molecule has 4 nitrogen and oxygen atoms in total. The Bertz CT molecular complexity index is 3360. The summed E-state index contributed by atoms with van der Waals surface area (Å²) in [5.74, 6) is 2.24. The summed E-state index contributed by atoms with van der Waals surface area (Å²) >= 11 is 1.67. The maximum atomic E-state index is 8.91. The second kappa shape index (κ2) is 11.4. The van der Waals surface area contributed by atoms with Gasteiger partial charge in [0.25, 0.3) is 6.71 Å². The Morgan fingerprint density at radius 3 is 2.02 bits per heavy atom. The highest BCUT2D eigenvalue weighted by molar-refractivity contribution is 7.26. The predicted octanol–water partition coefficient (Wildman–Crippen LogP) is 11.8. The number of benzene rings is 8. The van der Waals surface area contributed by atoms with Crippen molar-refractivity contribution in [3.05, 3.63) is 170 Å². The van der Waals surface area contributed by atoms with Crippen LogP contribution in [0, 0.1) is 0 Å². The minimum absolute atomic E-state index is 0.0724. The number of thiophene rings is 1. The number of hydrogen-bond donors (Lipinski definition) is 0. The molecule has 0 fully saturated rings. The summed E-state index contributed by atoms with van der Waals surface area (Å²) in [4.78, 5) is 2.18. The van der Waals surface area contributed by atoms with E-state index in [9.17, 15) is 0 Å². The lowest BCUT2D eigenvalue weighted by Crippen LogP contribution is -2.57. The van der Waals surface area contributed by atoms with E-state index in [1.807, 2.05) is 60.7 Å². The normalized spacial score (nSPS) is 14.0. The molecule has 0 N–H and O–H groups in total. The van der Waals surface area contributed by atoms with Gasteiger partial charge in [-0.15, -0.1) is 11.3 Å². The SMILES string of the molecule is [2H]c1c([2H])c([2H])c(-c2cc3c4c(c2)Oc2c(c5oc6ccccc6c5c5c2sc2ccccc25)B4c2ccc(N(c4ccccc4)c4ccccc4)cc2O3)c([2H])c1[2H]. The molecule has 0 spiro atoms. The molecular formula is C48H28BNO3S. The van der Waals surface area contributed by atoms with Crippen LogP contribution in [0.1, 0.15) is 6.85 Å². The van der Waals surface area contributed by atoms with E-state index in [0.29, 0.717) is 28.6 Å². The van der Waals surface area contributed by atoms with Crippen molar-refractivity contribution in [3.63, 3.8) is 0 Å². The first-order chi connectivity index (χ1) is 28.9. The highest BCUT2D eigenvalue weighted by atomic mass is 32.1. The summed E-state index contributed by atoms with van der Waals surface area (Å²) in [7, 11) is 0. The fourth-order valence-corrected chi connectivity index (χ4v) is 9.60. The van der Waals surface area contributed by atoms with Gasteiger partial charge in [0.1, 0.15) is 34.2 Å². The summed E-state index contributed by atoms with van der Waals surface area (Å²) in [5, 5.41) is 4.21. The average molecular weight is 715 g/mol. The van der Waals surface area contributed by atoms with Gasteiger partial charge in [0, 0.05) is 60.3 Å². The summed E-state index contributed by atoms with van der Waals surface area (Å²) in [5.41, 5.74) is 7.41. The van der Waals surface area contributed by atoms with E-state index in [2.05, 4.69) is 71.6 Å². The van der Waals surface area contributed by atoms with Crippen LogP contribution in [0.4, 0.5) is 17.1 Å². The topological polar surface area (TPSA) is 34.8 Å². The summed E-state index contributed by atoms with van der Waals surface area (Å²) in [6.07, 6.45) is 0. The van der Waals surface area contributed by atoms with Gasteiger partial charge in [-0.3, -0.25) is 0 Å². The van der Waals surface area contributed by atoms with Crippen molar-refractivity contribution in [3.8, 4) is 34.1 Å². The summed E-state index contributed by atoms with van der Waals surface area (Å²) in [6, 6.07) is 44.9. The number of furan rings is 1. The van der Waals surface area contributed by atoms with Crippen LogP contribution in [-0.4, -0.2) is 6.71 Å². The maximum Gasteiger partial charge on any atom is 0.265 e. The summed E-state index contributed by atoms with van der Waals surface area (Å²) < 4.78 is 66.1. The lowest BCUT2D eigenvalue weighted by atomic mass is 9.34. The highest BCUT2D eigenvalue weighted by Crippen LogP contribution is 2.50. The fraction of sp³-hybridized carbons (Fsp3) is 0. The van der Waals surface area contributed by atoms with Crippen molar-refractivity contribution >= 4 is 93.6 Å². The molecule has 0 unspecified atom stereocenters. The van der Waals surface area contributed by atoms with Gasteiger partial charge in [-0.1, -0.05) is 109 Å². The zero-order valence-electron chi connectivity index (χ0n) is 33.4. The maximum absolute atomic E-state index is 8.91. The zero-order valence-corrected chi connectivity index (χ0v) is 29.3. The van der Waals surface area contributed by atoms with Crippen LogP contribution in [0.3, 0.4) is 0 Å². The number of nitrogens with zero attached hydrogens (tertiary/aromatic N) is 1. The Morgan fingerprint density at radius 1 is 0.556 bits per heavy atom. The van der Waals surface area contributed by atoms with E-state index >= 15 is 0 Å². The molecule has 2 aliphatic heterocycles. The van der Waals surface area contributed by atoms with E-state index in [0.717, 1.165) is 75.6 Å². The molecule has 0 saturated carbocycles. The molecule has 0 bridgehead atoms. The van der Waals surface area contributed by atoms with Crippen LogP contribution in [0.5, 0.6) is 23.0 Å². The Kier molecular flexibility index (Phi) is 5.32. The number of fused-ring (bicyclic) bond motifs is 13. The molecule has 0 saturated heterocycles. The van der Waals surface area contributed by atoms with E-state index in [1.54, 1.807) is 23.5 Å². The smallest absolute Gasteiger partial charge is 0.265 e. The molecule has 0 radical (unpaired) electrons. The molecular weight excluding hydrogens is 681 g/mol. The van der Waals surface area contributed by atoms with Gasteiger partial charge in [0.05, 0.1) is 11.6 Å². The van der Waals surface area contributed by atoms with Crippen LogP contribution in [0.2, 0.25) is 0 Å². The third kappa shape index (κ3) is 4.26.